The summed E-state index contributed by atoms with van der Waals surface area (Å²) in [6, 6.07) is 4.96. The number of ether oxygens (including phenoxy) is 1. The fourth-order valence-corrected chi connectivity index (χ4v) is 5.85. The van der Waals surface area contributed by atoms with E-state index in [0.717, 1.165) is 6.07 Å². The monoisotopic (exact) mass is 611 g/mol. The Hall–Kier alpha value is -3.88. The number of halogens is 3. The van der Waals surface area contributed by atoms with Crippen LogP contribution in [0.1, 0.15) is 74.0 Å². The number of fused-ring (bicyclic) bond motifs is 1. The third-order valence-corrected chi connectivity index (χ3v) is 8.20. The second kappa shape index (κ2) is 13.4. The highest BCUT2D eigenvalue weighted by Gasteiger charge is 2.40. The summed E-state index contributed by atoms with van der Waals surface area (Å²) in [5, 5.41) is 3.79. The Balaban J connectivity index is 1.95. The predicted molar refractivity (Wildman–Crippen MR) is 165 cm³/mol. The Morgan fingerprint density at radius 1 is 1.23 bits per heavy atom. The van der Waals surface area contributed by atoms with Crippen LogP contribution in [0.3, 0.4) is 0 Å². The molecule has 8 nitrogen and oxygen atoms in total. The number of nitrogens with one attached hydrogen (secondary N) is 1. The van der Waals surface area contributed by atoms with Gasteiger partial charge in [0.15, 0.2) is 0 Å². The fraction of sp³-hybridized carbons (Fsp3) is 0.485. The van der Waals surface area contributed by atoms with Crippen molar-refractivity contribution < 1.29 is 22.7 Å². The van der Waals surface area contributed by atoms with Crippen molar-refractivity contribution in [2.24, 2.45) is 7.05 Å². The van der Waals surface area contributed by atoms with Gasteiger partial charge in [-0.15, -0.1) is 0 Å². The molecule has 0 aliphatic carbocycles. The summed E-state index contributed by atoms with van der Waals surface area (Å²) in [5.74, 6) is 5.66. The molecule has 1 aliphatic rings. The van der Waals surface area contributed by atoms with Gasteiger partial charge < -0.3 is 19.5 Å². The molecule has 1 N–H and O–H groups in total. The fourth-order valence-electron chi connectivity index (χ4n) is 5.85. The van der Waals surface area contributed by atoms with Gasteiger partial charge >= 0.3 is 0 Å². The number of amides is 1. The third-order valence-electron chi connectivity index (χ3n) is 8.20. The zero-order chi connectivity index (χ0) is 32.3. The molecule has 1 fully saturated rings. The number of likely N-dealkylation sites (tertiary alicyclic amines) is 1. The van der Waals surface area contributed by atoms with Crippen LogP contribution in [0.2, 0.25) is 0 Å². The van der Waals surface area contributed by atoms with Crippen LogP contribution < -0.4 is 10.9 Å². The Morgan fingerprint density at radius 2 is 1.89 bits per heavy atom. The van der Waals surface area contributed by atoms with Crippen LogP contribution in [0, 0.1) is 24.6 Å². The zero-order valence-electron chi connectivity index (χ0n) is 26.4. The molecule has 1 atom stereocenters. The molecule has 3 aromatic rings. The maximum absolute atomic E-state index is 15.1. The molecule has 44 heavy (non-hydrogen) atoms. The first kappa shape index (κ1) is 33.0. The van der Waals surface area contributed by atoms with Crippen LogP contribution in [0.5, 0.6) is 0 Å². The lowest BCUT2D eigenvalue weighted by Crippen LogP contribution is -2.48. The van der Waals surface area contributed by atoms with Crippen LogP contribution in [0.4, 0.5) is 19.0 Å². The second-order valence-electron chi connectivity index (χ2n) is 11.5. The standard InChI is InChI=1S/C33H40F3N5O3/c1-8-44-33(14-17-41(18-15-33)22(4)42)27-19-26-29(40(7)32(27)43)24(13-10-16-39(5)6)21(3)38-31(26)37-20(2)23-11-9-12-25(28(23)34)30(35)36/h9,11-12,19-20,30H,8,14-18H2,1-7H3,(H,37,38)/t20-/m1/s1. The number of aryl methyl sites for hydroxylation is 2. The van der Waals surface area contributed by atoms with E-state index in [2.05, 4.69) is 17.2 Å². The smallest absolute Gasteiger partial charge is 0.266 e. The molecule has 11 heteroatoms. The van der Waals surface area contributed by atoms with Gasteiger partial charge in [0.05, 0.1) is 40.5 Å². The third kappa shape index (κ3) is 6.47. The van der Waals surface area contributed by atoms with Gasteiger partial charge in [-0.05, 0) is 53.8 Å². The van der Waals surface area contributed by atoms with E-state index in [1.165, 1.54) is 19.1 Å². The first-order valence-corrected chi connectivity index (χ1v) is 14.7. The van der Waals surface area contributed by atoms with E-state index in [1.807, 2.05) is 25.9 Å². The highest BCUT2D eigenvalue weighted by Crippen LogP contribution is 2.38. The largest absolute Gasteiger partial charge is 0.370 e. The molecule has 1 saturated heterocycles. The molecule has 0 saturated carbocycles. The van der Waals surface area contributed by atoms with Crippen molar-refractivity contribution in [2.75, 3.05) is 45.7 Å². The molecule has 1 aromatic carbocycles. The summed E-state index contributed by atoms with van der Waals surface area (Å²) in [6.07, 6.45) is -2.09. The molecule has 236 valence electrons. The van der Waals surface area contributed by atoms with Crippen molar-refractivity contribution in [3.8, 4) is 11.8 Å². The van der Waals surface area contributed by atoms with Crippen LogP contribution in [0.15, 0.2) is 29.1 Å². The molecule has 3 heterocycles. The number of carbonyl (C=O) groups excluding carboxylic acids is 1. The first-order valence-electron chi connectivity index (χ1n) is 14.7. The van der Waals surface area contributed by atoms with E-state index in [-0.39, 0.29) is 17.0 Å². The Labute approximate surface area is 256 Å². The van der Waals surface area contributed by atoms with Gasteiger partial charge in [-0.1, -0.05) is 30.0 Å². The number of nitrogens with zero attached hydrogens (tertiary/aromatic N) is 4. The average Bonchev–Trinajstić information content (AvgIpc) is 2.96. The molecule has 1 aliphatic heterocycles. The summed E-state index contributed by atoms with van der Waals surface area (Å²) in [7, 11) is 5.48. The van der Waals surface area contributed by atoms with Gasteiger partial charge in [0.25, 0.3) is 12.0 Å². The van der Waals surface area contributed by atoms with Gasteiger partial charge in [0.1, 0.15) is 17.2 Å². The van der Waals surface area contributed by atoms with E-state index in [9.17, 15) is 18.4 Å². The molecule has 0 spiro atoms. The molecule has 0 bridgehead atoms. The lowest BCUT2D eigenvalue weighted by atomic mass is 9.83. The Morgan fingerprint density at radius 3 is 2.48 bits per heavy atom. The number of benzene rings is 1. The molecule has 2 aromatic heterocycles. The number of anilines is 1. The van der Waals surface area contributed by atoms with Crippen molar-refractivity contribution in [1.29, 1.82) is 0 Å². The van der Waals surface area contributed by atoms with E-state index in [1.54, 1.807) is 36.4 Å². The first-order chi connectivity index (χ1) is 20.8. The number of rotatable bonds is 8. The minimum atomic E-state index is -2.95. The minimum Gasteiger partial charge on any atom is -0.370 e. The number of hydrogen-bond acceptors (Lipinski definition) is 6. The Bertz CT molecular complexity index is 1670. The van der Waals surface area contributed by atoms with Crippen molar-refractivity contribution in [3.63, 3.8) is 0 Å². The highest BCUT2D eigenvalue weighted by atomic mass is 19.3. The lowest BCUT2D eigenvalue weighted by Gasteiger charge is -2.41. The van der Waals surface area contributed by atoms with Crippen molar-refractivity contribution >= 4 is 22.6 Å². The van der Waals surface area contributed by atoms with E-state index in [0.29, 0.717) is 72.6 Å². The molecular weight excluding hydrogens is 571 g/mol. The van der Waals surface area contributed by atoms with Gasteiger partial charge in [-0.25, -0.2) is 18.2 Å². The molecule has 4 rings (SSSR count). The minimum absolute atomic E-state index is 0.0363. The zero-order valence-corrected chi connectivity index (χ0v) is 26.4. The lowest BCUT2D eigenvalue weighted by molar-refractivity contribution is -0.136. The summed E-state index contributed by atoms with van der Waals surface area (Å²) >= 11 is 0. The summed E-state index contributed by atoms with van der Waals surface area (Å²) in [4.78, 5) is 34.6. The van der Waals surface area contributed by atoms with Crippen LogP contribution in [-0.2, 0) is 22.2 Å². The SMILES string of the molecule is CCOC1(c2cc3c(N[C@H](C)c4cccc(C(F)F)c4F)nc(C)c(C#CCN(C)C)c3n(C)c2=O)CCN(C(C)=O)CC1. The van der Waals surface area contributed by atoms with Crippen molar-refractivity contribution in [3.05, 3.63) is 68.4 Å². The van der Waals surface area contributed by atoms with Crippen molar-refractivity contribution in [2.45, 2.75) is 58.6 Å². The van der Waals surface area contributed by atoms with Crippen LogP contribution in [0.25, 0.3) is 10.9 Å². The summed E-state index contributed by atoms with van der Waals surface area (Å²) in [5.41, 5.74) is 0.309. The average molecular weight is 612 g/mol. The van der Waals surface area contributed by atoms with Crippen LogP contribution >= 0.6 is 0 Å². The molecule has 1 amide bonds. The molecular formula is C33H40F3N5O3. The number of aromatic nitrogens is 2. The Kier molecular flexibility index (Phi) is 10.1. The number of pyridine rings is 2. The van der Waals surface area contributed by atoms with Gasteiger partial charge in [0.2, 0.25) is 5.91 Å². The van der Waals surface area contributed by atoms with Gasteiger partial charge in [-0.3, -0.25) is 14.5 Å². The maximum atomic E-state index is 15.1. The topological polar surface area (TPSA) is 79.7 Å². The number of carbonyl (C=O) groups is 1. The summed E-state index contributed by atoms with van der Waals surface area (Å²) in [6.45, 7) is 8.56. The van der Waals surface area contributed by atoms with Crippen LogP contribution in [-0.4, -0.2) is 65.6 Å². The second-order valence-corrected chi connectivity index (χ2v) is 11.5. The van der Waals surface area contributed by atoms with E-state index < -0.39 is 29.4 Å². The predicted octanol–water partition coefficient (Wildman–Crippen LogP) is 5.28. The van der Waals surface area contributed by atoms with Crippen molar-refractivity contribution in [1.82, 2.24) is 19.4 Å². The highest BCUT2D eigenvalue weighted by molar-refractivity contribution is 5.95. The van der Waals surface area contributed by atoms with E-state index in [4.69, 9.17) is 9.72 Å². The normalized spacial score (nSPS) is 15.4. The quantitative estimate of drug-likeness (QED) is 0.350. The number of piperidine rings is 1. The number of hydrogen-bond donors (Lipinski definition) is 1. The molecule has 0 radical (unpaired) electrons. The van der Waals surface area contributed by atoms with E-state index >= 15 is 4.39 Å². The van der Waals surface area contributed by atoms with Gasteiger partial charge in [0, 0.05) is 44.6 Å². The molecule has 0 unspecified atom stereocenters. The van der Waals surface area contributed by atoms with Gasteiger partial charge in [-0.2, -0.15) is 0 Å². The summed E-state index contributed by atoms with van der Waals surface area (Å²) < 4.78 is 49.9. The number of alkyl halides is 2. The maximum Gasteiger partial charge on any atom is 0.266 e.